The summed E-state index contributed by atoms with van der Waals surface area (Å²) in [6, 6.07) is 15.4. The summed E-state index contributed by atoms with van der Waals surface area (Å²) in [5.41, 5.74) is 4.30. The van der Waals surface area contributed by atoms with Crippen molar-refractivity contribution in [1.29, 1.82) is 0 Å². The van der Waals surface area contributed by atoms with Crippen LogP contribution in [0.1, 0.15) is 36.0 Å². The van der Waals surface area contributed by atoms with Gasteiger partial charge >= 0.3 is 0 Å². The number of pyridine rings is 1. The third kappa shape index (κ3) is 4.28. The normalized spacial score (nSPS) is 18.8. The first-order valence-electron chi connectivity index (χ1n) is 10.0. The molecule has 2 aromatic heterocycles. The molecule has 2 atom stereocenters. The number of thiocarbonyl (C=S) groups is 1. The van der Waals surface area contributed by atoms with Crippen molar-refractivity contribution >= 4 is 38.7 Å². The maximum Gasteiger partial charge on any atom is 0.229 e. The summed E-state index contributed by atoms with van der Waals surface area (Å²) in [7, 11) is -3.36. The van der Waals surface area contributed by atoms with Crippen molar-refractivity contribution in [3.05, 3.63) is 77.9 Å². The number of hydrogen-bond acceptors (Lipinski definition) is 4. The molecular formula is C22H25N5O2S2. The molecule has 1 aromatic carbocycles. The molecule has 0 radical (unpaired) electrons. The first-order valence-corrected chi connectivity index (χ1v) is 12.3. The lowest BCUT2D eigenvalue weighted by Gasteiger charge is -2.29. The average Bonchev–Trinajstić information content (AvgIpc) is 3.33. The minimum atomic E-state index is -3.36. The average molecular weight is 456 g/mol. The molecule has 3 aromatic rings. The van der Waals surface area contributed by atoms with Crippen LogP contribution >= 0.6 is 12.2 Å². The molecular weight excluding hydrogens is 430 g/mol. The van der Waals surface area contributed by atoms with Crippen LogP contribution in [0.3, 0.4) is 0 Å². The topological polar surface area (TPSA) is 79.3 Å². The molecule has 0 amide bonds. The predicted octanol–water partition coefficient (Wildman–Crippen LogP) is 3.76. The van der Waals surface area contributed by atoms with Crippen LogP contribution in [0, 0.1) is 6.92 Å². The fourth-order valence-electron chi connectivity index (χ4n) is 4.03. The molecule has 0 spiro atoms. The fraction of sp³-hybridized carbons (Fsp3) is 0.273. The Bertz CT molecular complexity index is 1210. The summed E-state index contributed by atoms with van der Waals surface area (Å²) in [5, 5.41) is 4.06. The van der Waals surface area contributed by atoms with Gasteiger partial charge in [-0.25, -0.2) is 8.42 Å². The van der Waals surface area contributed by atoms with Gasteiger partial charge < -0.3 is 14.8 Å². The van der Waals surface area contributed by atoms with E-state index in [4.69, 9.17) is 12.2 Å². The molecule has 0 saturated carbocycles. The number of sulfonamides is 1. The van der Waals surface area contributed by atoms with Gasteiger partial charge in [0, 0.05) is 30.3 Å². The van der Waals surface area contributed by atoms with Crippen molar-refractivity contribution in [2.75, 3.05) is 15.9 Å². The lowest BCUT2D eigenvalue weighted by molar-refractivity contribution is 0.529. The molecule has 162 valence electrons. The van der Waals surface area contributed by atoms with Crippen molar-refractivity contribution in [2.24, 2.45) is 0 Å². The lowest BCUT2D eigenvalue weighted by atomic mass is 10.0. The molecule has 3 heterocycles. The standard InChI is InChI=1S/C22H25N5O2S2/c1-4-26-13-7-9-19(26)21-20(18-8-5-6-12-23-18)24-22(30)27(21)16-10-11-17(15(2)14-16)25-31(3,28)29/h5-14,20-21,25H,4H2,1-3H3,(H,24,30)/t20-,21+/m0/s1. The molecule has 1 saturated heterocycles. The van der Waals surface area contributed by atoms with Crippen LogP contribution in [0.25, 0.3) is 0 Å². The lowest BCUT2D eigenvalue weighted by Crippen LogP contribution is -2.30. The van der Waals surface area contributed by atoms with Crippen LogP contribution in [-0.2, 0) is 16.6 Å². The van der Waals surface area contributed by atoms with E-state index >= 15 is 0 Å². The maximum atomic E-state index is 11.7. The highest BCUT2D eigenvalue weighted by Gasteiger charge is 2.42. The van der Waals surface area contributed by atoms with Crippen molar-refractivity contribution in [2.45, 2.75) is 32.5 Å². The summed E-state index contributed by atoms with van der Waals surface area (Å²) >= 11 is 5.76. The zero-order valence-electron chi connectivity index (χ0n) is 17.6. The largest absolute Gasteiger partial charge is 0.351 e. The first-order chi connectivity index (χ1) is 14.8. The van der Waals surface area contributed by atoms with Crippen LogP contribution in [0.5, 0.6) is 0 Å². The van der Waals surface area contributed by atoms with Crippen LogP contribution in [0.4, 0.5) is 11.4 Å². The Morgan fingerprint density at radius 3 is 2.65 bits per heavy atom. The molecule has 4 rings (SSSR count). The van der Waals surface area contributed by atoms with Gasteiger partial charge in [0.15, 0.2) is 5.11 Å². The number of benzene rings is 1. The van der Waals surface area contributed by atoms with Gasteiger partial charge in [-0.1, -0.05) is 6.07 Å². The van der Waals surface area contributed by atoms with Gasteiger partial charge in [0.05, 0.1) is 23.7 Å². The van der Waals surface area contributed by atoms with E-state index in [9.17, 15) is 8.42 Å². The van der Waals surface area contributed by atoms with E-state index in [2.05, 4.69) is 43.7 Å². The molecule has 1 aliphatic heterocycles. The Hall–Kier alpha value is -2.91. The number of hydrogen-bond donors (Lipinski definition) is 2. The SMILES string of the molecule is CCn1cccc1[C@@H]1[C@H](c2ccccn2)NC(=S)N1c1ccc(NS(C)(=O)=O)c(C)c1. The van der Waals surface area contributed by atoms with E-state index < -0.39 is 10.0 Å². The molecule has 0 bridgehead atoms. The van der Waals surface area contributed by atoms with Crippen LogP contribution in [0.15, 0.2) is 60.9 Å². The summed E-state index contributed by atoms with van der Waals surface area (Å²) < 4.78 is 28.1. The molecule has 9 heteroatoms. The second-order valence-corrected chi connectivity index (χ2v) is 9.72. The van der Waals surface area contributed by atoms with Gasteiger partial charge in [-0.05, 0) is 74.1 Å². The van der Waals surface area contributed by atoms with Crippen molar-refractivity contribution in [1.82, 2.24) is 14.9 Å². The Morgan fingerprint density at radius 2 is 2.00 bits per heavy atom. The van der Waals surface area contributed by atoms with Crippen molar-refractivity contribution in [3.8, 4) is 0 Å². The minimum Gasteiger partial charge on any atom is -0.351 e. The van der Waals surface area contributed by atoms with Crippen molar-refractivity contribution < 1.29 is 8.42 Å². The fourth-order valence-corrected chi connectivity index (χ4v) is 5.00. The molecule has 0 unspecified atom stereocenters. The third-order valence-electron chi connectivity index (χ3n) is 5.39. The number of nitrogens with one attached hydrogen (secondary N) is 2. The first kappa shape index (κ1) is 21.3. The number of anilines is 2. The Morgan fingerprint density at radius 1 is 1.19 bits per heavy atom. The van der Waals surface area contributed by atoms with E-state index in [0.717, 1.165) is 35.4 Å². The van der Waals surface area contributed by atoms with Gasteiger partial charge in [0.1, 0.15) is 6.04 Å². The third-order valence-corrected chi connectivity index (χ3v) is 6.30. The number of rotatable bonds is 6. The zero-order valence-corrected chi connectivity index (χ0v) is 19.2. The number of nitrogens with zero attached hydrogens (tertiary/aromatic N) is 3. The maximum absolute atomic E-state index is 11.7. The van der Waals surface area contributed by atoms with Crippen molar-refractivity contribution in [3.63, 3.8) is 0 Å². The highest BCUT2D eigenvalue weighted by Crippen LogP contribution is 2.42. The van der Waals surface area contributed by atoms with E-state index in [0.29, 0.717) is 10.8 Å². The monoisotopic (exact) mass is 455 g/mol. The Kier molecular flexibility index (Phi) is 5.72. The number of aryl methyl sites for hydroxylation is 2. The second kappa shape index (κ2) is 8.32. The van der Waals surface area contributed by atoms with E-state index in [1.807, 2.05) is 43.3 Å². The molecule has 0 aliphatic carbocycles. The van der Waals surface area contributed by atoms with Crippen LogP contribution in [-0.4, -0.2) is 29.3 Å². The highest BCUT2D eigenvalue weighted by atomic mass is 32.2. The van der Waals surface area contributed by atoms with Gasteiger partial charge in [-0.2, -0.15) is 0 Å². The highest BCUT2D eigenvalue weighted by molar-refractivity contribution is 7.92. The molecule has 31 heavy (non-hydrogen) atoms. The van der Waals surface area contributed by atoms with E-state index in [1.54, 1.807) is 12.3 Å². The van der Waals surface area contributed by atoms with Gasteiger partial charge in [0.25, 0.3) is 0 Å². The zero-order chi connectivity index (χ0) is 22.2. The Balaban J connectivity index is 1.80. The summed E-state index contributed by atoms with van der Waals surface area (Å²) in [6.07, 6.45) is 5.00. The molecule has 1 fully saturated rings. The van der Waals surface area contributed by atoms with Gasteiger partial charge in [-0.15, -0.1) is 0 Å². The molecule has 2 N–H and O–H groups in total. The van der Waals surface area contributed by atoms with E-state index in [1.165, 1.54) is 0 Å². The Labute approximate surface area is 188 Å². The quantitative estimate of drug-likeness (QED) is 0.551. The summed E-state index contributed by atoms with van der Waals surface area (Å²) in [4.78, 5) is 6.67. The van der Waals surface area contributed by atoms with Crippen LogP contribution < -0.4 is 14.9 Å². The molecule has 1 aliphatic rings. The van der Waals surface area contributed by atoms with Gasteiger partial charge in [0.2, 0.25) is 10.0 Å². The second-order valence-electron chi connectivity index (χ2n) is 7.59. The number of aromatic nitrogens is 2. The minimum absolute atomic E-state index is 0.106. The predicted molar refractivity (Wildman–Crippen MR) is 128 cm³/mol. The molecule has 7 nitrogen and oxygen atoms in total. The smallest absolute Gasteiger partial charge is 0.229 e. The van der Waals surface area contributed by atoms with E-state index in [-0.39, 0.29) is 12.1 Å². The van der Waals surface area contributed by atoms with Crippen LogP contribution in [0.2, 0.25) is 0 Å². The summed E-state index contributed by atoms with van der Waals surface area (Å²) in [6.45, 7) is 4.83. The van der Waals surface area contributed by atoms with Gasteiger partial charge in [-0.3, -0.25) is 9.71 Å². The summed E-state index contributed by atoms with van der Waals surface area (Å²) in [5.74, 6) is 0.